The van der Waals surface area contributed by atoms with Crippen molar-refractivity contribution in [3.05, 3.63) is 65.7 Å². The molecule has 30 heavy (non-hydrogen) atoms. The summed E-state index contributed by atoms with van der Waals surface area (Å²) >= 11 is 0. The number of nitrogens with one attached hydrogen (secondary N) is 2. The molecule has 1 aromatic heterocycles. The quantitative estimate of drug-likeness (QED) is 0.340. The molecule has 0 aliphatic rings. The topological polar surface area (TPSA) is 57.5 Å². The number of guanidine groups is 1. The average Bonchev–Trinajstić information content (AvgIpc) is 3.05. The second-order valence-corrected chi connectivity index (χ2v) is 7.56. The molecule has 0 aliphatic heterocycles. The Morgan fingerprint density at radius 1 is 1.13 bits per heavy atom. The summed E-state index contributed by atoms with van der Waals surface area (Å²) in [5.74, 6) is 1.57. The summed E-state index contributed by atoms with van der Waals surface area (Å²) < 4.78 is 15.5. The Kier molecular flexibility index (Phi) is 7.41. The van der Waals surface area contributed by atoms with Gasteiger partial charge >= 0.3 is 0 Å². The number of likely N-dealkylation sites (N-methyl/N-ethyl adjacent to an activating group) is 1. The summed E-state index contributed by atoms with van der Waals surface area (Å²) in [4.78, 5) is 11.1. The van der Waals surface area contributed by atoms with Gasteiger partial charge in [-0.3, -0.25) is 4.99 Å². The minimum atomic E-state index is -0.220. The van der Waals surface area contributed by atoms with Crippen LogP contribution < -0.4 is 10.6 Å². The van der Waals surface area contributed by atoms with Gasteiger partial charge in [-0.2, -0.15) is 0 Å². The van der Waals surface area contributed by atoms with Crippen LogP contribution in [0.25, 0.3) is 11.0 Å². The molecule has 0 spiro atoms. The molecule has 1 unspecified atom stereocenters. The number of imidazole rings is 1. The van der Waals surface area contributed by atoms with Gasteiger partial charge < -0.3 is 20.1 Å². The molecule has 2 N–H and O–H groups in total. The number of hydrogen-bond donors (Lipinski definition) is 2. The number of para-hydroxylation sites is 2. The van der Waals surface area contributed by atoms with Gasteiger partial charge in [0.25, 0.3) is 0 Å². The summed E-state index contributed by atoms with van der Waals surface area (Å²) in [6, 6.07) is 15.0. The predicted molar refractivity (Wildman–Crippen MR) is 121 cm³/mol. The van der Waals surface area contributed by atoms with Crippen LogP contribution in [0.1, 0.15) is 23.9 Å². The van der Waals surface area contributed by atoms with Crippen LogP contribution in [0.3, 0.4) is 0 Å². The fraction of sp³-hybridized carbons (Fsp3) is 0.391. The van der Waals surface area contributed by atoms with E-state index in [0.29, 0.717) is 6.54 Å². The van der Waals surface area contributed by atoms with Crippen LogP contribution in [0, 0.1) is 12.7 Å². The van der Waals surface area contributed by atoms with Gasteiger partial charge in [0.1, 0.15) is 11.6 Å². The summed E-state index contributed by atoms with van der Waals surface area (Å²) in [6.07, 6.45) is 0.955. The molecule has 6 nitrogen and oxygen atoms in total. The van der Waals surface area contributed by atoms with E-state index in [9.17, 15) is 4.39 Å². The van der Waals surface area contributed by atoms with Crippen molar-refractivity contribution >= 4 is 17.0 Å². The standard InChI is InChI=1S/C23H31FN6/c1-17-28-20-8-5-6-9-21(20)30(17)15-7-14-26-23(25-2)27-16-22(29(3)4)18-10-12-19(24)13-11-18/h5-6,8-13,22H,7,14-16H2,1-4H3,(H2,25,26,27). The lowest BCUT2D eigenvalue weighted by atomic mass is 10.1. The molecular formula is C23H31FN6. The SMILES string of the molecule is CN=C(NCCCn1c(C)nc2ccccc21)NCC(c1ccc(F)cc1)N(C)C. The number of fused-ring (bicyclic) bond motifs is 1. The smallest absolute Gasteiger partial charge is 0.191 e. The Morgan fingerprint density at radius 2 is 1.87 bits per heavy atom. The summed E-state index contributed by atoms with van der Waals surface area (Å²) in [5, 5.41) is 6.76. The van der Waals surface area contributed by atoms with Gasteiger partial charge in [0.15, 0.2) is 5.96 Å². The third-order valence-corrected chi connectivity index (χ3v) is 5.26. The number of benzene rings is 2. The Hall–Kier alpha value is -2.93. The Labute approximate surface area is 177 Å². The fourth-order valence-corrected chi connectivity index (χ4v) is 3.62. The van der Waals surface area contributed by atoms with Gasteiger partial charge in [-0.1, -0.05) is 24.3 Å². The zero-order valence-electron chi connectivity index (χ0n) is 18.2. The van der Waals surface area contributed by atoms with Crippen LogP contribution in [-0.4, -0.2) is 54.6 Å². The molecule has 0 saturated heterocycles. The minimum absolute atomic E-state index is 0.115. The van der Waals surface area contributed by atoms with Crippen molar-refractivity contribution < 1.29 is 4.39 Å². The van der Waals surface area contributed by atoms with E-state index in [4.69, 9.17) is 0 Å². The summed E-state index contributed by atoms with van der Waals surface area (Å²) in [5.41, 5.74) is 3.27. The van der Waals surface area contributed by atoms with E-state index in [1.165, 1.54) is 17.6 Å². The maximum Gasteiger partial charge on any atom is 0.191 e. The number of aryl methyl sites for hydroxylation is 2. The van der Waals surface area contributed by atoms with E-state index in [1.54, 1.807) is 7.05 Å². The van der Waals surface area contributed by atoms with Crippen molar-refractivity contribution in [3.63, 3.8) is 0 Å². The van der Waals surface area contributed by atoms with Crippen molar-refractivity contribution in [3.8, 4) is 0 Å². The van der Waals surface area contributed by atoms with Gasteiger partial charge in [0.2, 0.25) is 0 Å². The van der Waals surface area contributed by atoms with Gasteiger partial charge in [-0.05, 0) is 57.3 Å². The van der Waals surface area contributed by atoms with Crippen molar-refractivity contribution in [1.29, 1.82) is 0 Å². The molecule has 0 radical (unpaired) electrons. The van der Waals surface area contributed by atoms with Crippen LogP contribution in [0.15, 0.2) is 53.5 Å². The average molecular weight is 411 g/mol. The maximum atomic E-state index is 13.2. The van der Waals surface area contributed by atoms with Gasteiger partial charge in [0, 0.05) is 26.7 Å². The Balaban J connectivity index is 1.50. The zero-order valence-corrected chi connectivity index (χ0v) is 18.2. The van der Waals surface area contributed by atoms with E-state index >= 15 is 0 Å². The molecule has 3 aromatic rings. The lowest BCUT2D eigenvalue weighted by molar-refractivity contribution is 0.298. The number of rotatable bonds is 8. The predicted octanol–water partition coefficient (Wildman–Crippen LogP) is 3.34. The summed E-state index contributed by atoms with van der Waals surface area (Å²) in [7, 11) is 5.80. The van der Waals surface area contributed by atoms with Crippen LogP contribution in [0.2, 0.25) is 0 Å². The molecule has 1 heterocycles. The van der Waals surface area contributed by atoms with Gasteiger partial charge in [-0.25, -0.2) is 9.37 Å². The number of halogens is 1. The van der Waals surface area contributed by atoms with Crippen molar-refractivity contribution in [2.45, 2.75) is 25.9 Å². The summed E-state index contributed by atoms with van der Waals surface area (Å²) in [6.45, 7) is 4.41. The van der Waals surface area contributed by atoms with Gasteiger partial charge in [0.05, 0.1) is 17.1 Å². The van der Waals surface area contributed by atoms with Crippen molar-refractivity contribution in [2.75, 3.05) is 34.2 Å². The highest BCUT2D eigenvalue weighted by Gasteiger charge is 2.15. The second-order valence-electron chi connectivity index (χ2n) is 7.56. The molecule has 0 aliphatic carbocycles. The lowest BCUT2D eigenvalue weighted by Crippen LogP contribution is -2.42. The maximum absolute atomic E-state index is 13.2. The van der Waals surface area contributed by atoms with Crippen molar-refractivity contribution in [2.24, 2.45) is 4.99 Å². The first-order valence-corrected chi connectivity index (χ1v) is 10.3. The Bertz CT molecular complexity index is 977. The molecule has 0 fully saturated rings. The number of aliphatic imine (C=N–C) groups is 1. The van der Waals surface area contributed by atoms with Gasteiger partial charge in [-0.15, -0.1) is 0 Å². The number of nitrogens with zero attached hydrogens (tertiary/aromatic N) is 4. The Morgan fingerprint density at radius 3 is 2.57 bits per heavy atom. The molecule has 1 atom stereocenters. The zero-order chi connectivity index (χ0) is 21.5. The van der Waals surface area contributed by atoms with Crippen LogP contribution >= 0.6 is 0 Å². The third-order valence-electron chi connectivity index (χ3n) is 5.26. The highest BCUT2D eigenvalue weighted by Crippen LogP contribution is 2.18. The molecule has 0 saturated carbocycles. The minimum Gasteiger partial charge on any atom is -0.356 e. The first-order valence-electron chi connectivity index (χ1n) is 10.3. The highest BCUT2D eigenvalue weighted by atomic mass is 19.1. The molecule has 0 amide bonds. The highest BCUT2D eigenvalue weighted by molar-refractivity contribution is 5.79. The van der Waals surface area contributed by atoms with Crippen LogP contribution in [0.5, 0.6) is 0 Å². The van der Waals surface area contributed by atoms with E-state index in [-0.39, 0.29) is 11.9 Å². The molecule has 160 valence electrons. The van der Waals surface area contributed by atoms with E-state index < -0.39 is 0 Å². The lowest BCUT2D eigenvalue weighted by Gasteiger charge is -2.26. The molecule has 2 aromatic carbocycles. The molecule has 3 rings (SSSR count). The van der Waals surface area contributed by atoms with Crippen LogP contribution in [0.4, 0.5) is 4.39 Å². The first kappa shape index (κ1) is 21.8. The number of aromatic nitrogens is 2. The normalized spacial score (nSPS) is 13.1. The third kappa shape index (κ3) is 5.36. The molecular weight excluding hydrogens is 379 g/mol. The van der Waals surface area contributed by atoms with E-state index in [2.05, 4.69) is 36.1 Å². The van der Waals surface area contributed by atoms with E-state index in [0.717, 1.165) is 42.4 Å². The monoisotopic (exact) mass is 410 g/mol. The fourth-order valence-electron chi connectivity index (χ4n) is 3.62. The van der Waals surface area contributed by atoms with Crippen LogP contribution in [-0.2, 0) is 6.54 Å². The van der Waals surface area contributed by atoms with Crippen molar-refractivity contribution in [1.82, 2.24) is 25.1 Å². The number of hydrogen-bond acceptors (Lipinski definition) is 3. The molecule has 7 heteroatoms. The largest absolute Gasteiger partial charge is 0.356 e. The molecule has 0 bridgehead atoms. The van der Waals surface area contributed by atoms with E-state index in [1.807, 2.05) is 51.4 Å². The first-order chi connectivity index (χ1) is 14.5. The second kappa shape index (κ2) is 10.2.